The predicted octanol–water partition coefficient (Wildman–Crippen LogP) is 2.57. The molecule has 0 saturated carbocycles. The van der Waals surface area contributed by atoms with Crippen LogP contribution in [-0.2, 0) is 0 Å². The second-order valence-electron chi connectivity index (χ2n) is 4.73. The minimum atomic E-state index is -1.18. The molecule has 3 rings (SSSR count). The number of carbonyl (C=O) groups is 1. The van der Waals surface area contributed by atoms with Gasteiger partial charge in [-0.15, -0.1) is 0 Å². The molecule has 0 unspecified atom stereocenters. The quantitative estimate of drug-likeness (QED) is 0.713. The van der Waals surface area contributed by atoms with Crippen LogP contribution in [0.1, 0.15) is 15.9 Å². The number of carboxylic acids is 1. The lowest BCUT2D eigenvalue weighted by atomic mass is 10.0. The first-order valence-electron chi connectivity index (χ1n) is 6.33. The summed E-state index contributed by atoms with van der Waals surface area (Å²) in [4.78, 5) is 15.9. The molecular formula is C17H12NO2-. The second kappa shape index (κ2) is 4.78. The summed E-state index contributed by atoms with van der Waals surface area (Å²) >= 11 is 0. The van der Waals surface area contributed by atoms with E-state index in [2.05, 4.69) is 4.98 Å². The molecule has 0 saturated heterocycles. The van der Waals surface area contributed by atoms with Crippen molar-refractivity contribution < 1.29 is 9.90 Å². The van der Waals surface area contributed by atoms with E-state index < -0.39 is 5.97 Å². The number of aromatic nitrogens is 1. The molecule has 98 valence electrons. The van der Waals surface area contributed by atoms with E-state index in [-0.39, 0.29) is 5.56 Å². The highest BCUT2D eigenvalue weighted by atomic mass is 16.4. The number of carboxylic acid groups (broad SMARTS) is 1. The van der Waals surface area contributed by atoms with E-state index in [0.29, 0.717) is 16.6 Å². The molecule has 0 aliphatic rings. The van der Waals surface area contributed by atoms with Crippen molar-refractivity contribution in [2.75, 3.05) is 0 Å². The molecule has 1 heterocycles. The average Bonchev–Trinajstić information content (AvgIpc) is 2.46. The minimum Gasteiger partial charge on any atom is -0.545 e. The lowest BCUT2D eigenvalue weighted by Gasteiger charge is -2.10. The first-order chi connectivity index (χ1) is 9.65. The van der Waals surface area contributed by atoms with Gasteiger partial charge < -0.3 is 9.90 Å². The fourth-order valence-corrected chi connectivity index (χ4v) is 2.30. The van der Waals surface area contributed by atoms with Crippen LogP contribution in [-0.4, -0.2) is 11.0 Å². The lowest BCUT2D eigenvalue weighted by Crippen LogP contribution is -2.22. The predicted molar refractivity (Wildman–Crippen MR) is 76.2 cm³/mol. The van der Waals surface area contributed by atoms with Gasteiger partial charge in [-0.2, -0.15) is 0 Å². The number of pyridine rings is 1. The first kappa shape index (κ1) is 12.4. The number of benzene rings is 2. The van der Waals surface area contributed by atoms with Crippen LogP contribution in [0.2, 0.25) is 0 Å². The molecule has 3 heteroatoms. The Morgan fingerprint density at radius 3 is 2.60 bits per heavy atom. The number of fused-ring (bicyclic) bond motifs is 1. The number of hydrogen-bond acceptors (Lipinski definition) is 3. The lowest BCUT2D eigenvalue weighted by molar-refractivity contribution is -0.254. The molecule has 0 bridgehead atoms. The van der Waals surface area contributed by atoms with Crippen molar-refractivity contribution in [3.8, 4) is 11.3 Å². The van der Waals surface area contributed by atoms with E-state index in [1.54, 1.807) is 24.3 Å². The topological polar surface area (TPSA) is 53.0 Å². The fourth-order valence-electron chi connectivity index (χ4n) is 2.30. The standard InChI is InChI=1S/C17H13NO2/c1-11-5-4-6-12(9-11)16-10-14(17(19)20)13-7-2-3-8-15(13)18-16/h2-10H,1H3,(H,19,20)/p-1. The van der Waals surface area contributed by atoms with Crippen molar-refractivity contribution in [3.05, 3.63) is 65.7 Å². The van der Waals surface area contributed by atoms with Crippen molar-refractivity contribution in [2.45, 2.75) is 6.92 Å². The van der Waals surface area contributed by atoms with E-state index in [1.165, 1.54) is 0 Å². The molecule has 0 amide bonds. The zero-order chi connectivity index (χ0) is 14.1. The SMILES string of the molecule is Cc1cccc(-c2cc(C(=O)[O-])c3ccccc3n2)c1. The summed E-state index contributed by atoms with van der Waals surface area (Å²) in [6.45, 7) is 1.99. The van der Waals surface area contributed by atoms with Crippen molar-refractivity contribution in [2.24, 2.45) is 0 Å². The summed E-state index contributed by atoms with van der Waals surface area (Å²) in [5.74, 6) is -1.18. The third-order valence-corrected chi connectivity index (χ3v) is 3.25. The molecule has 1 aromatic heterocycles. The van der Waals surface area contributed by atoms with Gasteiger partial charge >= 0.3 is 0 Å². The number of aryl methyl sites for hydroxylation is 1. The van der Waals surface area contributed by atoms with Gasteiger partial charge in [0.1, 0.15) is 0 Å². The van der Waals surface area contributed by atoms with Gasteiger partial charge in [0.2, 0.25) is 0 Å². The molecular weight excluding hydrogens is 250 g/mol. The van der Waals surface area contributed by atoms with Gasteiger partial charge in [-0.3, -0.25) is 0 Å². The van der Waals surface area contributed by atoms with Crippen LogP contribution in [0, 0.1) is 6.92 Å². The Bertz CT molecular complexity index is 809. The van der Waals surface area contributed by atoms with E-state index >= 15 is 0 Å². The third kappa shape index (κ3) is 2.14. The molecule has 2 aromatic carbocycles. The summed E-state index contributed by atoms with van der Waals surface area (Å²) in [6, 6.07) is 16.6. The maximum absolute atomic E-state index is 11.3. The zero-order valence-electron chi connectivity index (χ0n) is 11.0. The number of nitrogens with zero attached hydrogens (tertiary/aromatic N) is 1. The summed E-state index contributed by atoms with van der Waals surface area (Å²) in [5.41, 5.74) is 3.48. The maximum Gasteiger partial charge on any atom is 0.0722 e. The molecule has 0 aliphatic heterocycles. The van der Waals surface area contributed by atoms with Crippen LogP contribution in [0.25, 0.3) is 22.2 Å². The van der Waals surface area contributed by atoms with Gasteiger partial charge in [-0.05, 0) is 25.1 Å². The molecule has 0 spiro atoms. The van der Waals surface area contributed by atoms with Gasteiger partial charge in [0.25, 0.3) is 0 Å². The van der Waals surface area contributed by atoms with Gasteiger partial charge in [-0.1, -0.05) is 42.0 Å². The van der Waals surface area contributed by atoms with Crippen molar-refractivity contribution in [1.82, 2.24) is 4.98 Å². The average molecular weight is 262 g/mol. The molecule has 0 atom stereocenters. The summed E-state index contributed by atoms with van der Waals surface area (Å²) in [7, 11) is 0. The Kier molecular flexibility index (Phi) is 2.95. The van der Waals surface area contributed by atoms with Crippen molar-refractivity contribution >= 4 is 16.9 Å². The highest BCUT2D eigenvalue weighted by Crippen LogP contribution is 2.25. The Labute approximate surface area is 116 Å². The van der Waals surface area contributed by atoms with E-state index in [0.717, 1.165) is 11.1 Å². The Balaban J connectivity index is 2.30. The van der Waals surface area contributed by atoms with Crippen LogP contribution in [0.15, 0.2) is 54.6 Å². The highest BCUT2D eigenvalue weighted by molar-refractivity contribution is 6.02. The maximum atomic E-state index is 11.3. The van der Waals surface area contributed by atoms with E-state index in [4.69, 9.17) is 0 Å². The van der Waals surface area contributed by atoms with Crippen LogP contribution in [0.3, 0.4) is 0 Å². The highest BCUT2D eigenvalue weighted by Gasteiger charge is 2.08. The first-order valence-corrected chi connectivity index (χ1v) is 6.33. The van der Waals surface area contributed by atoms with Crippen LogP contribution in [0.4, 0.5) is 0 Å². The summed E-state index contributed by atoms with van der Waals surface area (Å²) in [6.07, 6.45) is 0. The van der Waals surface area contributed by atoms with Crippen molar-refractivity contribution in [1.29, 1.82) is 0 Å². The van der Waals surface area contributed by atoms with Gasteiger partial charge in [0, 0.05) is 16.5 Å². The number of aromatic carboxylic acids is 1. The Hall–Kier alpha value is -2.68. The number of carbonyl (C=O) groups excluding carboxylic acids is 1. The number of rotatable bonds is 2. The molecule has 3 nitrogen and oxygen atoms in total. The smallest absolute Gasteiger partial charge is 0.0722 e. The van der Waals surface area contributed by atoms with Gasteiger partial charge in [-0.25, -0.2) is 4.98 Å². The molecule has 0 N–H and O–H groups in total. The minimum absolute atomic E-state index is 0.173. The van der Waals surface area contributed by atoms with Gasteiger partial charge in [0.05, 0.1) is 17.2 Å². The third-order valence-electron chi connectivity index (χ3n) is 3.25. The Morgan fingerprint density at radius 2 is 1.85 bits per heavy atom. The molecule has 20 heavy (non-hydrogen) atoms. The monoisotopic (exact) mass is 262 g/mol. The largest absolute Gasteiger partial charge is 0.545 e. The van der Waals surface area contributed by atoms with Crippen molar-refractivity contribution in [3.63, 3.8) is 0 Å². The normalized spacial score (nSPS) is 10.7. The molecule has 0 aliphatic carbocycles. The molecule has 0 fully saturated rings. The molecule has 0 radical (unpaired) electrons. The fraction of sp³-hybridized carbons (Fsp3) is 0.0588. The van der Waals surface area contributed by atoms with Crippen LogP contribution < -0.4 is 5.11 Å². The van der Waals surface area contributed by atoms with E-state index in [1.807, 2.05) is 37.3 Å². The number of para-hydroxylation sites is 1. The van der Waals surface area contributed by atoms with E-state index in [9.17, 15) is 9.90 Å². The summed E-state index contributed by atoms with van der Waals surface area (Å²) < 4.78 is 0. The summed E-state index contributed by atoms with van der Waals surface area (Å²) in [5, 5.41) is 11.9. The zero-order valence-corrected chi connectivity index (χ0v) is 11.0. The van der Waals surface area contributed by atoms with Gasteiger partial charge in [0.15, 0.2) is 0 Å². The second-order valence-corrected chi connectivity index (χ2v) is 4.73. The Morgan fingerprint density at radius 1 is 1.05 bits per heavy atom. The molecule has 3 aromatic rings. The number of hydrogen-bond donors (Lipinski definition) is 0. The van der Waals surface area contributed by atoms with Crippen LogP contribution >= 0.6 is 0 Å². The van der Waals surface area contributed by atoms with Crippen LogP contribution in [0.5, 0.6) is 0 Å².